The van der Waals surface area contributed by atoms with Gasteiger partial charge in [0.25, 0.3) is 0 Å². The number of nitrogens with two attached hydrogens (primary N) is 1. The van der Waals surface area contributed by atoms with E-state index in [-0.39, 0.29) is 5.84 Å². The first kappa shape index (κ1) is 15.3. The predicted molar refractivity (Wildman–Crippen MR) is 79.6 cm³/mol. The molecule has 0 amide bonds. The molecule has 0 aliphatic rings. The summed E-state index contributed by atoms with van der Waals surface area (Å²) in [6.07, 6.45) is 0. The van der Waals surface area contributed by atoms with Gasteiger partial charge in [0, 0.05) is 5.56 Å². The van der Waals surface area contributed by atoms with Crippen molar-refractivity contribution in [2.75, 3.05) is 0 Å². The molecule has 0 saturated carbocycles. The van der Waals surface area contributed by atoms with Gasteiger partial charge in [-0.1, -0.05) is 41.1 Å². The normalized spacial score (nSPS) is 10.2. The number of amidine groups is 1. The van der Waals surface area contributed by atoms with Crippen molar-refractivity contribution < 1.29 is 5.21 Å². The summed E-state index contributed by atoms with van der Waals surface area (Å²) in [6.45, 7) is 3.93. The van der Waals surface area contributed by atoms with Crippen molar-refractivity contribution in [3.05, 3.63) is 70.8 Å². The fourth-order valence-corrected chi connectivity index (χ4v) is 1.58. The standard InChI is InChI=1S/C8H10N2O.C8H7N/c1-6-3-2-4-7(5-6)8(9)10-11;1-7-3-2-4-8(5-7)6-9/h2-5,11H,1H3,(H2,9,10);2-5H,1H3. The minimum atomic E-state index is 0.147. The Morgan fingerprint density at radius 1 is 1.10 bits per heavy atom. The zero-order chi connectivity index (χ0) is 15.0. The highest BCUT2D eigenvalue weighted by Crippen LogP contribution is 2.02. The molecule has 0 bridgehead atoms. The fraction of sp³-hybridized carbons (Fsp3) is 0.125. The molecule has 0 heterocycles. The number of hydrogen-bond donors (Lipinski definition) is 2. The quantitative estimate of drug-likeness (QED) is 0.360. The number of aryl methyl sites for hydroxylation is 2. The van der Waals surface area contributed by atoms with E-state index >= 15 is 0 Å². The first-order chi connectivity index (χ1) is 9.56. The number of hydrogen-bond acceptors (Lipinski definition) is 3. The third kappa shape index (κ3) is 4.83. The summed E-state index contributed by atoms with van der Waals surface area (Å²) in [4.78, 5) is 0. The van der Waals surface area contributed by atoms with Crippen LogP contribution in [-0.2, 0) is 0 Å². The Morgan fingerprint density at radius 3 is 2.15 bits per heavy atom. The average molecular weight is 267 g/mol. The molecular weight excluding hydrogens is 250 g/mol. The average Bonchev–Trinajstić information content (AvgIpc) is 2.47. The highest BCUT2D eigenvalue weighted by Gasteiger charge is 1.96. The van der Waals surface area contributed by atoms with Crippen LogP contribution in [-0.4, -0.2) is 11.0 Å². The van der Waals surface area contributed by atoms with Gasteiger partial charge in [-0.25, -0.2) is 0 Å². The second-order valence-electron chi connectivity index (χ2n) is 4.34. The van der Waals surface area contributed by atoms with Crippen LogP contribution in [0.4, 0.5) is 0 Å². The molecule has 0 aromatic heterocycles. The molecule has 2 rings (SSSR count). The zero-order valence-corrected chi connectivity index (χ0v) is 11.5. The monoisotopic (exact) mass is 267 g/mol. The number of nitriles is 1. The lowest BCUT2D eigenvalue weighted by molar-refractivity contribution is 0.318. The van der Waals surface area contributed by atoms with E-state index in [9.17, 15) is 0 Å². The van der Waals surface area contributed by atoms with Crippen LogP contribution in [0.25, 0.3) is 0 Å². The summed E-state index contributed by atoms with van der Waals surface area (Å²) in [6, 6.07) is 17.0. The summed E-state index contributed by atoms with van der Waals surface area (Å²) < 4.78 is 0. The van der Waals surface area contributed by atoms with Crippen LogP contribution < -0.4 is 5.73 Å². The van der Waals surface area contributed by atoms with E-state index in [4.69, 9.17) is 16.2 Å². The van der Waals surface area contributed by atoms with Crippen molar-refractivity contribution in [2.24, 2.45) is 10.9 Å². The van der Waals surface area contributed by atoms with Crippen molar-refractivity contribution in [1.82, 2.24) is 0 Å². The summed E-state index contributed by atoms with van der Waals surface area (Å²) >= 11 is 0. The van der Waals surface area contributed by atoms with Gasteiger partial charge in [-0.3, -0.25) is 0 Å². The first-order valence-electron chi connectivity index (χ1n) is 6.08. The first-order valence-corrected chi connectivity index (χ1v) is 6.08. The Kier molecular flexibility index (Phi) is 5.79. The molecule has 0 atom stereocenters. The fourth-order valence-electron chi connectivity index (χ4n) is 1.58. The van der Waals surface area contributed by atoms with Crippen LogP contribution in [0.2, 0.25) is 0 Å². The van der Waals surface area contributed by atoms with E-state index in [1.807, 2.05) is 50.2 Å². The van der Waals surface area contributed by atoms with E-state index in [0.29, 0.717) is 0 Å². The second kappa shape index (κ2) is 7.59. The molecule has 20 heavy (non-hydrogen) atoms. The van der Waals surface area contributed by atoms with Crippen LogP contribution in [0, 0.1) is 25.2 Å². The van der Waals surface area contributed by atoms with Crippen molar-refractivity contribution in [2.45, 2.75) is 13.8 Å². The van der Waals surface area contributed by atoms with Crippen LogP contribution in [0.5, 0.6) is 0 Å². The van der Waals surface area contributed by atoms with Gasteiger partial charge in [0.1, 0.15) is 0 Å². The molecule has 0 unspecified atom stereocenters. The molecule has 0 aliphatic heterocycles. The van der Waals surface area contributed by atoms with Gasteiger partial charge in [-0.05, 0) is 37.6 Å². The van der Waals surface area contributed by atoms with Crippen LogP contribution >= 0.6 is 0 Å². The highest BCUT2D eigenvalue weighted by atomic mass is 16.4. The molecule has 102 valence electrons. The van der Waals surface area contributed by atoms with E-state index in [2.05, 4.69) is 11.2 Å². The summed E-state index contributed by atoms with van der Waals surface area (Å²) in [7, 11) is 0. The van der Waals surface area contributed by atoms with Crippen molar-refractivity contribution in [1.29, 1.82) is 5.26 Å². The van der Waals surface area contributed by atoms with Crippen molar-refractivity contribution in [3.63, 3.8) is 0 Å². The number of oxime groups is 1. The van der Waals surface area contributed by atoms with E-state index in [0.717, 1.165) is 22.3 Å². The lowest BCUT2D eigenvalue weighted by atomic mass is 10.1. The highest BCUT2D eigenvalue weighted by molar-refractivity contribution is 5.97. The summed E-state index contributed by atoms with van der Waals surface area (Å²) in [5, 5.41) is 19.6. The van der Waals surface area contributed by atoms with Gasteiger partial charge in [0.15, 0.2) is 5.84 Å². The molecule has 0 saturated heterocycles. The minimum Gasteiger partial charge on any atom is -0.409 e. The molecule has 3 N–H and O–H groups in total. The summed E-state index contributed by atoms with van der Waals surface area (Å²) in [5.74, 6) is 0.147. The smallest absolute Gasteiger partial charge is 0.170 e. The molecule has 4 nitrogen and oxygen atoms in total. The maximum Gasteiger partial charge on any atom is 0.170 e. The van der Waals surface area contributed by atoms with E-state index < -0.39 is 0 Å². The van der Waals surface area contributed by atoms with Crippen LogP contribution in [0.3, 0.4) is 0 Å². The summed E-state index contributed by atoms with van der Waals surface area (Å²) in [5.41, 5.74) is 9.06. The number of benzene rings is 2. The van der Waals surface area contributed by atoms with Gasteiger partial charge < -0.3 is 10.9 Å². The third-order valence-corrected chi connectivity index (χ3v) is 2.57. The number of nitrogens with zero attached hydrogens (tertiary/aromatic N) is 2. The van der Waals surface area contributed by atoms with Gasteiger partial charge in [0.05, 0.1) is 11.6 Å². The van der Waals surface area contributed by atoms with Gasteiger partial charge in [-0.2, -0.15) is 5.26 Å². The third-order valence-electron chi connectivity index (χ3n) is 2.57. The lowest BCUT2D eigenvalue weighted by Crippen LogP contribution is -2.12. The van der Waals surface area contributed by atoms with E-state index in [1.165, 1.54) is 0 Å². The zero-order valence-electron chi connectivity index (χ0n) is 11.5. The second-order valence-corrected chi connectivity index (χ2v) is 4.34. The van der Waals surface area contributed by atoms with Crippen molar-refractivity contribution >= 4 is 5.84 Å². The van der Waals surface area contributed by atoms with Crippen LogP contribution in [0.1, 0.15) is 22.3 Å². The Bertz CT molecular complexity index is 642. The molecule has 4 heteroatoms. The molecule has 0 aliphatic carbocycles. The lowest BCUT2D eigenvalue weighted by Gasteiger charge is -1.98. The van der Waals surface area contributed by atoms with Crippen molar-refractivity contribution in [3.8, 4) is 6.07 Å². The molecule has 2 aromatic rings. The van der Waals surface area contributed by atoms with Gasteiger partial charge in [-0.15, -0.1) is 0 Å². The Morgan fingerprint density at radius 2 is 1.70 bits per heavy atom. The van der Waals surface area contributed by atoms with E-state index in [1.54, 1.807) is 12.1 Å². The van der Waals surface area contributed by atoms with Gasteiger partial charge >= 0.3 is 0 Å². The molecular formula is C16H17N3O. The molecule has 0 spiro atoms. The maximum absolute atomic E-state index is 8.41. The van der Waals surface area contributed by atoms with Gasteiger partial charge in [0.2, 0.25) is 0 Å². The largest absolute Gasteiger partial charge is 0.409 e. The molecule has 0 radical (unpaired) electrons. The number of rotatable bonds is 1. The predicted octanol–water partition coefficient (Wildman–Crippen LogP) is 2.96. The maximum atomic E-state index is 8.41. The molecule has 0 fully saturated rings. The Hall–Kier alpha value is -2.80. The molecule has 2 aromatic carbocycles. The Balaban J connectivity index is 0.000000204. The van der Waals surface area contributed by atoms with Crippen LogP contribution in [0.15, 0.2) is 53.7 Å². The minimum absolute atomic E-state index is 0.147. The topological polar surface area (TPSA) is 82.4 Å². The SMILES string of the molecule is Cc1cccc(/C(N)=N/O)c1.Cc1cccc(C#N)c1. The Labute approximate surface area is 118 Å².